The van der Waals surface area contributed by atoms with Crippen molar-refractivity contribution < 1.29 is 24.5 Å². The molecule has 0 fully saturated rings. The van der Waals surface area contributed by atoms with Crippen LogP contribution in [0.25, 0.3) is 0 Å². The van der Waals surface area contributed by atoms with E-state index < -0.39 is 33.1 Å². The number of hydrogen-bond donors (Lipinski definition) is 2. The van der Waals surface area contributed by atoms with Crippen LogP contribution in [0.1, 0.15) is 36.0 Å². The Morgan fingerprint density at radius 2 is 1.62 bits per heavy atom. The van der Waals surface area contributed by atoms with Gasteiger partial charge in [0.15, 0.2) is 4.47 Å². The molecule has 0 aromatic heterocycles. The molecule has 130 valence electrons. The highest BCUT2D eigenvalue weighted by Crippen LogP contribution is 2.35. The number of nitro groups is 2. The average molecular weight is 404 g/mol. The summed E-state index contributed by atoms with van der Waals surface area (Å²) in [5, 5.41) is 32.8. The Kier molecular flexibility index (Phi) is 7.24. The van der Waals surface area contributed by atoms with Crippen molar-refractivity contribution in [1.29, 1.82) is 0 Å². The maximum Gasteiger partial charge on any atom is 0.303 e. The van der Waals surface area contributed by atoms with E-state index in [0.29, 0.717) is 19.3 Å². The van der Waals surface area contributed by atoms with Gasteiger partial charge in [-0.2, -0.15) is 0 Å². The highest BCUT2D eigenvalue weighted by molar-refractivity contribution is 9.10. The molecule has 2 N–H and O–H groups in total. The van der Waals surface area contributed by atoms with Gasteiger partial charge in [-0.05, 0) is 28.8 Å². The van der Waals surface area contributed by atoms with Gasteiger partial charge >= 0.3 is 5.97 Å². The molecule has 0 saturated carbocycles. The smallest absolute Gasteiger partial charge is 0.303 e. The molecule has 1 rings (SSSR count). The summed E-state index contributed by atoms with van der Waals surface area (Å²) < 4.78 is -0.303. The number of halogens is 1. The zero-order valence-electron chi connectivity index (χ0n) is 12.4. The van der Waals surface area contributed by atoms with Crippen LogP contribution in [0.4, 0.5) is 11.4 Å². The van der Waals surface area contributed by atoms with E-state index in [2.05, 4.69) is 21.2 Å². The number of unbranched alkanes of at least 4 members (excludes halogenated alkanes) is 2. The molecule has 0 radical (unpaired) electrons. The van der Waals surface area contributed by atoms with Crippen LogP contribution in [0.3, 0.4) is 0 Å². The molecule has 0 bridgehead atoms. The standard InChI is InChI=1S/C13H14BrN3O7/c14-12-9(16(21)22)6-8(7-10(12)17(23)24)13(20)15-5-3-1-2-4-11(18)19/h6-7H,1-5H2,(H,15,20)(H,18,19). The largest absolute Gasteiger partial charge is 0.481 e. The van der Waals surface area contributed by atoms with Crippen LogP contribution in [0.2, 0.25) is 0 Å². The van der Waals surface area contributed by atoms with E-state index >= 15 is 0 Å². The highest BCUT2D eigenvalue weighted by Gasteiger charge is 2.26. The Hall–Kier alpha value is -2.56. The molecule has 10 nitrogen and oxygen atoms in total. The summed E-state index contributed by atoms with van der Waals surface area (Å²) in [6.45, 7) is 0.232. The van der Waals surface area contributed by atoms with Crippen molar-refractivity contribution in [3.05, 3.63) is 42.4 Å². The number of aliphatic carboxylic acids is 1. The number of amides is 1. The summed E-state index contributed by atoms with van der Waals surface area (Å²) in [5.74, 6) is -1.57. The van der Waals surface area contributed by atoms with Crippen LogP contribution in [0.5, 0.6) is 0 Å². The Bertz CT molecular complexity index is 643. The maximum atomic E-state index is 12.0. The third kappa shape index (κ3) is 5.57. The van der Waals surface area contributed by atoms with Crippen molar-refractivity contribution >= 4 is 39.2 Å². The van der Waals surface area contributed by atoms with Gasteiger partial charge in [-0.25, -0.2) is 0 Å². The number of hydrogen-bond acceptors (Lipinski definition) is 6. The molecule has 0 saturated heterocycles. The minimum Gasteiger partial charge on any atom is -0.481 e. The molecule has 1 aromatic rings. The predicted octanol–water partition coefficient (Wildman–Crippen LogP) is 2.64. The minimum atomic E-state index is -0.895. The zero-order chi connectivity index (χ0) is 18.3. The molecule has 0 unspecified atom stereocenters. The molecule has 11 heteroatoms. The van der Waals surface area contributed by atoms with Gasteiger partial charge in [-0.1, -0.05) is 6.42 Å². The van der Waals surface area contributed by atoms with Crippen LogP contribution in [0, 0.1) is 20.2 Å². The van der Waals surface area contributed by atoms with Gasteiger partial charge in [-0.3, -0.25) is 29.8 Å². The molecule has 0 heterocycles. The lowest BCUT2D eigenvalue weighted by molar-refractivity contribution is -0.395. The van der Waals surface area contributed by atoms with Crippen molar-refractivity contribution in [2.75, 3.05) is 6.54 Å². The molecular formula is C13H14BrN3O7. The lowest BCUT2D eigenvalue weighted by Gasteiger charge is -2.06. The molecule has 24 heavy (non-hydrogen) atoms. The van der Waals surface area contributed by atoms with Crippen LogP contribution < -0.4 is 5.32 Å². The van der Waals surface area contributed by atoms with E-state index in [1.807, 2.05) is 0 Å². The van der Waals surface area contributed by atoms with Crippen molar-refractivity contribution in [2.24, 2.45) is 0 Å². The van der Waals surface area contributed by atoms with E-state index in [0.717, 1.165) is 12.1 Å². The third-order valence-electron chi connectivity index (χ3n) is 3.04. The summed E-state index contributed by atoms with van der Waals surface area (Å²) >= 11 is 2.80. The van der Waals surface area contributed by atoms with Gasteiger partial charge < -0.3 is 10.4 Å². The van der Waals surface area contributed by atoms with Gasteiger partial charge in [0.25, 0.3) is 17.3 Å². The number of benzene rings is 1. The van der Waals surface area contributed by atoms with Crippen LogP contribution in [-0.4, -0.2) is 33.4 Å². The molecule has 1 amide bonds. The van der Waals surface area contributed by atoms with Crippen molar-refractivity contribution in [2.45, 2.75) is 25.7 Å². The van der Waals surface area contributed by atoms with Gasteiger partial charge in [0.05, 0.1) is 15.4 Å². The monoisotopic (exact) mass is 403 g/mol. The van der Waals surface area contributed by atoms with E-state index in [4.69, 9.17) is 5.11 Å². The summed E-state index contributed by atoms with van der Waals surface area (Å²) in [6, 6.07) is 1.91. The first-order chi connectivity index (χ1) is 11.2. The summed E-state index contributed by atoms with van der Waals surface area (Å²) in [5.41, 5.74) is -1.34. The fourth-order valence-electron chi connectivity index (χ4n) is 1.87. The SMILES string of the molecule is O=C(O)CCCCCNC(=O)c1cc([N+](=O)[O-])c(Br)c([N+](=O)[O-])c1. The van der Waals surface area contributed by atoms with Crippen molar-refractivity contribution in [3.63, 3.8) is 0 Å². The summed E-state index contributed by atoms with van der Waals surface area (Å²) in [4.78, 5) is 42.5. The topological polar surface area (TPSA) is 153 Å². The summed E-state index contributed by atoms with van der Waals surface area (Å²) in [6.07, 6.45) is 1.63. The second-order valence-electron chi connectivity index (χ2n) is 4.80. The number of carboxylic acids is 1. The van der Waals surface area contributed by atoms with Crippen molar-refractivity contribution in [1.82, 2.24) is 5.32 Å². The fourth-order valence-corrected chi connectivity index (χ4v) is 2.39. The number of rotatable bonds is 9. The normalized spacial score (nSPS) is 10.2. The first-order valence-electron chi connectivity index (χ1n) is 6.86. The third-order valence-corrected chi connectivity index (χ3v) is 3.86. The number of nitro benzene ring substituents is 2. The van der Waals surface area contributed by atoms with Gasteiger partial charge in [0.2, 0.25) is 0 Å². The highest BCUT2D eigenvalue weighted by atomic mass is 79.9. The Balaban J connectivity index is 2.75. The Morgan fingerprint density at radius 3 is 2.08 bits per heavy atom. The molecule has 0 spiro atoms. The number of nitrogens with one attached hydrogen (secondary N) is 1. The molecule has 0 aliphatic carbocycles. The molecule has 0 aliphatic heterocycles. The lowest BCUT2D eigenvalue weighted by atomic mass is 10.1. The molecule has 1 aromatic carbocycles. The Morgan fingerprint density at radius 1 is 1.08 bits per heavy atom. The lowest BCUT2D eigenvalue weighted by Crippen LogP contribution is -2.24. The maximum absolute atomic E-state index is 12.0. The van der Waals surface area contributed by atoms with Crippen LogP contribution in [0.15, 0.2) is 16.6 Å². The first-order valence-corrected chi connectivity index (χ1v) is 7.65. The van der Waals surface area contributed by atoms with Gasteiger partial charge in [0, 0.05) is 25.1 Å². The van der Waals surface area contributed by atoms with Crippen LogP contribution >= 0.6 is 15.9 Å². The predicted molar refractivity (Wildman–Crippen MR) is 85.9 cm³/mol. The minimum absolute atomic E-state index is 0.0407. The van der Waals surface area contributed by atoms with Gasteiger partial charge in [-0.15, -0.1) is 0 Å². The van der Waals surface area contributed by atoms with E-state index in [1.54, 1.807) is 0 Å². The Labute approximate surface area is 144 Å². The molecule has 0 aliphatic rings. The number of carboxylic acid groups (broad SMARTS) is 1. The fraction of sp³-hybridized carbons (Fsp3) is 0.385. The number of carbonyl (C=O) groups excluding carboxylic acids is 1. The number of carbonyl (C=O) groups is 2. The molecule has 0 atom stereocenters. The van der Waals surface area contributed by atoms with E-state index in [9.17, 15) is 29.8 Å². The van der Waals surface area contributed by atoms with Crippen LogP contribution in [-0.2, 0) is 4.79 Å². The zero-order valence-corrected chi connectivity index (χ0v) is 13.9. The second-order valence-corrected chi connectivity index (χ2v) is 5.60. The molecular weight excluding hydrogens is 390 g/mol. The van der Waals surface area contributed by atoms with E-state index in [-0.39, 0.29) is 23.0 Å². The second kappa shape index (κ2) is 8.91. The van der Waals surface area contributed by atoms with Crippen molar-refractivity contribution in [3.8, 4) is 0 Å². The van der Waals surface area contributed by atoms with Gasteiger partial charge in [0.1, 0.15) is 0 Å². The average Bonchev–Trinajstić information content (AvgIpc) is 2.49. The quantitative estimate of drug-likeness (QED) is 0.364. The van der Waals surface area contributed by atoms with E-state index in [1.165, 1.54) is 0 Å². The number of nitrogens with zero attached hydrogens (tertiary/aromatic N) is 2. The summed E-state index contributed by atoms with van der Waals surface area (Å²) in [7, 11) is 0. The first kappa shape index (κ1) is 19.5.